The number of anilines is 1. The number of pyridine rings is 1. The largest absolute Gasteiger partial charge is 0.309 e. The maximum Gasteiger partial charge on any atom is 0.222 e. The molecule has 0 bridgehead atoms. The molecule has 1 unspecified atom stereocenters. The lowest BCUT2D eigenvalue weighted by atomic mass is 10.2. The molecule has 1 N–H and O–H groups in total. The fourth-order valence-corrected chi connectivity index (χ4v) is 2.89. The summed E-state index contributed by atoms with van der Waals surface area (Å²) >= 11 is 0. The van der Waals surface area contributed by atoms with Crippen molar-refractivity contribution in [2.75, 3.05) is 18.4 Å². The third-order valence-corrected chi connectivity index (χ3v) is 4.04. The zero-order valence-corrected chi connectivity index (χ0v) is 13.0. The van der Waals surface area contributed by atoms with Crippen molar-refractivity contribution in [3.05, 3.63) is 41.9 Å². The van der Waals surface area contributed by atoms with E-state index in [1.807, 2.05) is 29.2 Å². The maximum atomic E-state index is 11.1. The van der Waals surface area contributed by atoms with E-state index in [0.29, 0.717) is 11.9 Å². The van der Waals surface area contributed by atoms with Crippen molar-refractivity contribution in [1.82, 2.24) is 19.7 Å². The number of nitrogens with one attached hydrogen (secondary N) is 1. The Kier molecular flexibility index (Phi) is 4.20. The van der Waals surface area contributed by atoms with Crippen LogP contribution in [0.3, 0.4) is 0 Å². The van der Waals surface area contributed by atoms with E-state index < -0.39 is 0 Å². The van der Waals surface area contributed by atoms with E-state index in [-0.39, 0.29) is 5.91 Å². The third-order valence-electron chi connectivity index (χ3n) is 4.04. The summed E-state index contributed by atoms with van der Waals surface area (Å²) in [5.41, 5.74) is 2.38. The molecular weight excluding hydrogens is 278 g/mol. The molecule has 3 heterocycles. The van der Waals surface area contributed by atoms with E-state index >= 15 is 0 Å². The van der Waals surface area contributed by atoms with Gasteiger partial charge in [-0.25, -0.2) is 0 Å². The summed E-state index contributed by atoms with van der Waals surface area (Å²) in [7, 11) is 0. The minimum Gasteiger partial charge on any atom is -0.309 e. The Bertz CT molecular complexity index is 666. The highest BCUT2D eigenvalue weighted by Gasteiger charge is 2.24. The summed E-state index contributed by atoms with van der Waals surface area (Å²) in [6.45, 7) is 6.49. The zero-order chi connectivity index (χ0) is 15.5. The molecule has 3 rings (SSSR count). The number of carbonyl (C=O) groups is 1. The Labute approximate surface area is 130 Å². The summed E-state index contributed by atoms with van der Waals surface area (Å²) < 4.78 is 1.96. The zero-order valence-electron chi connectivity index (χ0n) is 13.0. The first kappa shape index (κ1) is 14.7. The second-order valence-corrected chi connectivity index (χ2v) is 5.79. The van der Waals surface area contributed by atoms with Crippen LogP contribution in [0.5, 0.6) is 0 Å². The standard InChI is InChI=1S/C16H21N5O/c1-12-14(4-3-7-17-12)10-20-8-5-15(11-20)21-9-6-16(19-21)18-13(2)22/h3-4,6-7,9,15H,5,8,10-11H2,1-2H3,(H,18,19,22). The summed E-state index contributed by atoms with van der Waals surface area (Å²) in [4.78, 5) is 17.8. The topological polar surface area (TPSA) is 63.1 Å². The Morgan fingerprint density at radius 1 is 1.45 bits per heavy atom. The SMILES string of the molecule is CC(=O)Nc1ccn(C2CCN(Cc3cccnc3C)C2)n1. The van der Waals surface area contributed by atoms with Crippen molar-refractivity contribution >= 4 is 11.7 Å². The van der Waals surface area contributed by atoms with Gasteiger partial charge in [0.25, 0.3) is 0 Å². The Hall–Kier alpha value is -2.21. The van der Waals surface area contributed by atoms with Gasteiger partial charge in [-0.05, 0) is 25.0 Å². The minimum atomic E-state index is -0.0923. The number of likely N-dealkylation sites (tertiary alicyclic amines) is 1. The summed E-state index contributed by atoms with van der Waals surface area (Å²) in [5.74, 6) is 0.527. The lowest BCUT2D eigenvalue weighted by Crippen LogP contribution is -2.22. The highest BCUT2D eigenvalue weighted by atomic mass is 16.1. The van der Waals surface area contributed by atoms with Crippen molar-refractivity contribution in [1.29, 1.82) is 0 Å². The second kappa shape index (κ2) is 6.27. The van der Waals surface area contributed by atoms with Gasteiger partial charge in [0.05, 0.1) is 6.04 Å². The van der Waals surface area contributed by atoms with Crippen LogP contribution in [0, 0.1) is 6.92 Å². The molecule has 0 aliphatic carbocycles. The lowest BCUT2D eigenvalue weighted by molar-refractivity contribution is -0.114. The highest BCUT2D eigenvalue weighted by Crippen LogP contribution is 2.23. The van der Waals surface area contributed by atoms with Gasteiger partial charge in [0, 0.05) is 50.7 Å². The second-order valence-electron chi connectivity index (χ2n) is 5.79. The van der Waals surface area contributed by atoms with Crippen molar-refractivity contribution in [2.45, 2.75) is 32.9 Å². The van der Waals surface area contributed by atoms with Crippen molar-refractivity contribution in [2.24, 2.45) is 0 Å². The minimum absolute atomic E-state index is 0.0923. The Morgan fingerprint density at radius 2 is 2.32 bits per heavy atom. The fraction of sp³-hybridized carbons (Fsp3) is 0.438. The first-order chi connectivity index (χ1) is 10.6. The molecule has 22 heavy (non-hydrogen) atoms. The molecule has 2 aromatic heterocycles. The summed E-state index contributed by atoms with van der Waals surface area (Å²) in [6, 6.07) is 6.33. The van der Waals surface area contributed by atoms with Crippen LogP contribution in [0.2, 0.25) is 0 Å². The molecule has 0 spiro atoms. The molecule has 1 aliphatic rings. The molecule has 1 amide bonds. The molecule has 0 radical (unpaired) electrons. The van der Waals surface area contributed by atoms with E-state index in [2.05, 4.69) is 33.3 Å². The number of aryl methyl sites for hydroxylation is 1. The van der Waals surface area contributed by atoms with Crippen LogP contribution in [-0.4, -0.2) is 38.7 Å². The predicted octanol–water partition coefficient (Wildman–Crippen LogP) is 1.99. The number of rotatable bonds is 4. The average molecular weight is 299 g/mol. The molecule has 116 valence electrons. The maximum absolute atomic E-state index is 11.1. The Balaban J connectivity index is 1.61. The van der Waals surface area contributed by atoms with Crippen LogP contribution in [-0.2, 0) is 11.3 Å². The molecule has 6 heteroatoms. The van der Waals surface area contributed by atoms with Gasteiger partial charge >= 0.3 is 0 Å². The number of carbonyl (C=O) groups excluding carboxylic acids is 1. The van der Waals surface area contributed by atoms with Crippen LogP contribution < -0.4 is 5.32 Å². The molecule has 1 fully saturated rings. The fourth-order valence-electron chi connectivity index (χ4n) is 2.89. The first-order valence-electron chi connectivity index (χ1n) is 7.57. The van der Waals surface area contributed by atoms with E-state index in [1.54, 1.807) is 0 Å². The van der Waals surface area contributed by atoms with Gasteiger partial charge in [-0.15, -0.1) is 0 Å². The number of hydrogen-bond acceptors (Lipinski definition) is 4. The molecule has 1 atom stereocenters. The molecule has 0 saturated carbocycles. The average Bonchev–Trinajstić information content (AvgIpc) is 3.10. The van der Waals surface area contributed by atoms with Crippen molar-refractivity contribution in [3.63, 3.8) is 0 Å². The highest BCUT2D eigenvalue weighted by molar-refractivity contribution is 5.87. The smallest absolute Gasteiger partial charge is 0.222 e. The van der Waals surface area contributed by atoms with Gasteiger partial charge < -0.3 is 5.32 Å². The molecule has 1 saturated heterocycles. The van der Waals surface area contributed by atoms with Crippen LogP contribution in [0.15, 0.2) is 30.6 Å². The summed E-state index contributed by atoms with van der Waals surface area (Å²) in [5, 5.41) is 7.15. The lowest BCUT2D eigenvalue weighted by Gasteiger charge is -2.17. The van der Waals surface area contributed by atoms with Crippen LogP contribution in [0.25, 0.3) is 0 Å². The molecule has 0 aromatic carbocycles. The van der Waals surface area contributed by atoms with Gasteiger partial charge in [-0.1, -0.05) is 6.07 Å². The number of aromatic nitrogens is 3. The molecule has 1 aliphatic heterocycles. The summed E-state index contributed by atoms with van der Waals surface area (Å²) in [6.07, 6.45) is 4.84. The van der Waals surface area contributed by atoms with E-state index in [1.165, 1.54) is 12.5 Å². The van der Waals surface area contributed by atoms with E-state index in [9.17, 15) is 4.79 Å². The number of nitrogens with zero attached hydrogens (tertiary/aromatic N) is 4. The quantitative estimate of drug-likeness (QED) is 0.938. The van der Waals surface area contributed by atoms with Gasteiger partial charge in [0.2, 0.25) is 5.91 Å². The van der Waals surface area contributed by atoms with Crippen LogP contribution in [0.1, 0.15) is 30.6 Å². The third kappa shape index (κ3) is 3.33. The van der Waals surface area contributed by atoms with Gasteiger partial charge in [-0.3, -0.25) is 19.4 Å². The number of hydrogen-bond donors (Lipinski definition) is 1. The Morgan fingerprint density at radius 3 is 3.09 bits per heavy atom. The van der Waals surface area contributed by atoms with Gasteiger partial charge in [-0.2, -0.15) is 5.10 Å². The molecule has 2 aromatic rings. The van der Waals surface area contributed by atoms with Crippen molar-refractivity contribution < 1.29 is 4.79 Å². The molecular formula is C16H21N5O. The molecule has 6 nitrogen and oxygen atoms in total. The van der Waals surface area contributed by atoms with Gasteiger partial charge in [0.1, 0.15) is 0 Å². The predicted molar refractivity (Wildman–Crippen MR) is 84.4 cm³/mol. The number of amides is 1. The van der Waals surface area contributed by atoms with Gasteiger partial charge in [0.15, 0.2) is 5.82 Å². The van der Waals surface area contributed by atoms with Crippen molar-refractivity contribution in [3.8, 4) is 0 Å². The van der Waals surface area contributed by atoms with E-state index in [4.69, 9.17) is 0 Å². The first-order valence-corrected chi connectivity index (χ1v) is 7.57. The van der Waals surface area contributed by atoms with E-state index in [0.717, 1.165) is 31.7 Å². The normalized spacial score (nSPS) is 18.5. The monoisotopic (exact) mass is 299 g/mol. The van der Waals surface area contributed by atoms with Crippen LogP contribution >= 0.6 is 0 Å². The van der Waals surface area contributed by atoms with Crippen LogP contribution in [0.4, 0.5) is 5.82 Å².